The Kier molecular flexibility index (Phi) is 17.4. The fourth-order valence-electron chi connectivity index (χ4n) is 4.92. The van der Waals surface area contributed by atoms with Gasteiger partial charge in [0.15, 0.2) is 0 Å². The first kappa shape index (κ1) is 33.3. The van der Waals surface area contributed by atoms with Crippen LogP contribution in [0, 0.1) is 0 Å². The van der Waals surface area contributed by atoms with Crippen molar-refractivity contribution in [3.05, 3.63) is 35.9 Å². The van der Waals surface area contributed by atoms with Gasteiger partial charge in [0.1, 0.15) is 6.04 Å². The van der Waals surface area contributed by atoms with Crippen LogP contribution in [0.4, 0.5) is 0 Å². The molecule has 1 fully saturated rings. The van der Waals surface area contributed by atoms with Crippen LogP contribution in [0.5, 0.6) is 0 Å². The normalized spacial score (nSPS) is 15.0. The Morgan fingerprint density at radius 3 is 2.12 bits per heavy atom. The van der Waals surface area contributed by atoms with Gasteiger partial charge in [-0.2, -0.15) is 0 Å². The zero-order chi connectivity index (χ0) is 28.8. The number of unbranched alkanes of at least 4 members (excludes halogenated alkanes) is 9. The standard InChI is InChI=1S/C32H50N2O6/c1-2-3-4-5-6-7-8-9-10-14-24-40-31(37)26-28-32(38)33-22-23-34(28)29(35)20-15-21-30(36)39-25-16-19-27-17-12-11-13-18-27/h11-13,17-18,28H,2-10,14-16,19-26H2,1H3,(H,33,38). The van der Waals surface area contributed by atoms with E-state index in [4.69, 9.17) is 9.47 Å². The van der Waals surface area contributed by atoms with Gasteiger partial charge in [-0.1, -0.05) is 95.0 Å². The molecule has 1 unspecified atom stereocenters. The van der Waals surface area contributed by atoms with E-state index in [0.29, 0.717) is 32.7 Å². The van der Waals surface area contributed by atoms with E-state index in [0.717, 1.165) is 32.1 Å². The Bertz CT molecular complexity index is 875. The van der Waals surface area contributed by atoms with Crippen LogP contribution in [0.25, 0.3) is 0 Å². The van der Waals surface area contributed by atoms with Gasteiger partial charge in [0.05, 0.1) is 19.6 Å². The first-order valence-electron chi connectivity index (χ1n) is 15.4. The molecule has 2 amide bonds. The zero-order valence-electron chi connectivity index (χ0n) is 24.5. The molecule has 0 bridgehead atoms. The minimum Gasteiger partial charge on any atom is -0.466 e. The van der Waals surface area contributed by atoms with Gasteiger partial charge in [-0.25, -0.2) is 0 Å². The summed E-state index contributed by atoms with van der Waals surface area (Å²) in [6, 6.07) is 9.15. The van der Waals surface area contributed by atoms with E-state index in [2.05, 4.69) is 12.2 Å². The fourth-order valence-corrected chi connectivity index (χ4v) is 4.92. The van der Waals surface area contributed by atoms with E-state index in [1.807, 2.05) is 30.3 Å². The molecule has 0 spiro atoms. The van der Waals surface area contributed by atoms with Gasteiger partial charge in [-0.3, -0.25) is 19.2 Å². The number of rotatable bonds is 21. The molecular formula is C32H50N2O6. The van der Waals surface area contributed by atoms with Gasteiger partial charge >= 0.3 is 11.9 Å². The van der Waals surface area contributed by atoms with Gasteiger partial charge in [0.2, 0.25) is 11.8 Å². The van der Waals surface area contributed by atoms with E-state index in [9.17, 15) is 19.2 Å². The highest BCUT2D eigenvalue weighted by Crippen LogP contribution is 2.15. The monoisotopic (exact) mass is 558 g/mol. The van der Waals surface area contributed by atoms with Crippen molar-refractivity contribution in [1.29, 1.82) is 0 Å². The molecule has 1 aliphatic rings. The van der Waals surface area contributed by atoms with Gasteiger partial charge in [0, 0.05) is 25.9 Å². The molecule has 1 aromatic rings. The number of amides is 2. The number of piperazine rings is 1. The lowest BCUT2D eigenvalue weighted by Crippen LogP contribution is -2.57. The van der Waals surface area contributed by atoms with Crippen molar-refractivity contribution in [1.82, 2.24) is 10.2 Å². The van der Waals surface area contributed by atoms with Crippen molar-refractivity contribution < 1.29 is 28.7 Å². The molecule has 0 aliphatic carbocycles. The molecule has 2 rings (SSSR count). The quantitative estimate of drug-likeness (QED) is 0.158. The van der Waals surface area contributed by atoms with Crippen LogP contribution >= 0.6 is 0 Å². The maximum absolute atomic E-state index is 12.8. The van der Waals surface area contributed by atoms with Crippen molar-refractivity contribution in [2.24, 2.45) is 0 Å². The van der Waals surface area contributed by atoms with Gasteiger partial charge in [-0.15, -0.1) is 0 Å². The number of nitrogens with zero attached hydrogens (tertiary/aromatic N) is 1. The van der Waals surface area contributed by atoms with Crippen LogP contribution in [0.2, 0.25) is 0 Å². The number of hydrogen-bond acceptors (Lipinski definition) is 6. The minimum absolute atomic E-state index is 0.122. The van der Waals surface area contributed by atoms with Gasteiger partial charge in [0.25, 0.3) is 0 Å². The second-order valence-corrected chi connectivity index (χ2v) is 10.7. The third-order valence-electron chi connectivity index (χ3n) is 7.26. The number of aryl methyl sites for hydroxylation is 1. The first-order chi connectivity index (χ1) is 19.5. The Labute approximate surface area is 240 Å². The number of nitrogens with one attached hydrogen (secondary N) is 1. The highest BCUT2D eigenvalue weighted by atomic mass is 16.5. The third-order valence-corrected chi connectivity index (χ3v) is 7.26. The van der Waals surface area contributed by atoms with Crippen LogP contribution in [0.1, 0.15) is 109 Å². The number of esters is 2. The topological polar surface area (TPSA) is 102 Å². The van der Waals surface area contributed by atoms with Crippen LogP contribution < -0.4 is 5.32 Å². The Hall–Kier alpha value is -2.90. The van der Waals surface area contributed by atoms with Crippen molar-refractivity contribution in [3.63, 3.8) is 0 Å². The third kappa shape index (κ3) is 14.5. The molecule has 8 heteroatoms. The Morgan fingerprint density at radius 2 is 1.43 bits per heavy atom. The molecule has 1 saturated heterocycles. The molecular weight excluding hydrogens is 508 g/mol. The lowest BCUT2D eigenvalue weighted by Gasteiger charge is -2.34. The molecule has 224 valence electrons. The lowest BCUT2D eigenvalue weighted by molar-refractivity contribution is -0.152. The average molecular weight is 559 g/mol. The van der Waals surface area contributed by atoms with E-state index >= 15 is 0 Å². The second-order valence-electron chi connectivity index (χ2n) is 10.7. The smallest absolute Gasteiger partial charge is 0.308 e. The largest absolute Gasteiger partial charge is 0.466 e. The number of benzene rings is 1. The summed E-state index contributed by atoms with van der Waals surface area (Å²) >= 11 is 0. The summed E-state index contributed by atoms with van der Waals surface area (Å²) in [5, 5.41) is 2.73. The van der Waals surface area contributed by atoms with Crippen LogP contribution in [0.3, 0.4) is 0 Å². The minimum atomic E-state index is -0.869. The lowest BCUT2D eigenvalue weighted by atomic mass is 10.1. The van der Waals surface area contributed by atoms with E-state index in [1.165, 1.54) is 55.4 Å². The Morgan fingerprint density at radius 1 is 0.800 bits per heavy atom. The molecule has 40 heavy (non-hydrogen) atoms. The van der Waals surface area contributed by atoms with E-state index < -0.39 is 12.0 Å². The highest BCUT2D eigenvalue weighted by Gasteiger charge is 2.34. The molecule has 8 nitrogen and oxygen atoms in total. The summed E-state index contributed by atoms with van der Waals surface area (Å²) in [4.78, 5) is 51.2. The maximum atomic E-state index is 12.8. The first-order valence-corrected chi connectivity index (χ1v) is 15.4. The number of hydrogen-bond donors (Lipinski definition) is 1. The van der Waals surface area contributed by atoms with Gasteiger partial charge < -0.3 is 19.7 Å². The molecule has 1 atom stereocenters. The van der Waals surface area contributed by atoms with Crippen molar-refractivity contribution >= 4 is 23.8 Å². The van der Waals surface area contributed by atoms with E-state index in [-0.39, 0.29) is 37.0 Å². The SMILES string of the molecule is CCCCCCCCCCCCOC(=O)CC1C(=O)NCCN1C(=O)CCCC(=O)OCCCc1ccccc1. The molecule has 0 aromatic heterocycles. The maximum Gasteiger partial charge on any atom is 0.308 e. The number of carbonyl (C=O) groups is 4. The summed E-state index contributed by atoms with van der Waals surface area (Å²) < 4.78 is 10.6. The van der Waals surface area contributed by atoms with Gasteiger partial charge in [-0.05, 0) is 31.2 Å². The zero-order valence-corrected chi connectivity index (χ0v) is 24.5. The number of carbonyl (C=O) groups excluding carboxylic acids is 4. The summed E-state index contributed by atoms with van der Waals surface area (Å²) in [5.74, 6) is -1.37. The predicted octanol–water partition coefficient (Wildman–Crippen LogP) is 5.51. The second kappa shape index (κ2) is 20.9. The molecule has 0 saturated carbocycles. The summed E-state index contributed by atoms with van der Waals surface area (Å²) in [5.41, 5.74) is 1.20. The Balaban J connectivity index is 1.58. The molecule has 1 heterocycles. The highest BCUT2D eigenvalue weighted by molar-refractivity contribution is 5.92. The van der Waals surface area contributed by atoms with E-state index in [1.54, 1.807) is 0 Å². The molecule has 1 N–H and O–H groups in total. The van der Waals surface area contributed by atoms with Crippen molar-refractivity contribution in [2.45, 2.75) is 116 Å². The van der Waals surface area contributed by atoms with Crippen molar-refractivity contribution in [3.8, 4) is 0 Å². The van der Waals surface area contributed by atoms with Crippen LogP contribution in [0.15, 0.2) is 30.3 Å². The summed E-state index contributed by atoms with van der Waals surface area (Å²) in [6.45, 7) is 3.59. The number of ether oxygens (including phenoxy) is 2. The molecule has 1 aromatic carbocycles. The summed E-state index contributed by atoms with van der Waals surface area (Å²) in [6.07, 6.45) is 14.0. The molecule has 0 radical (unpaired) electrons. The predicted molar refractivity (Wildman–Crippen MR) is 156 cm³/mol. The van der Waals surface area contributed by atoms with Crippen molar-refractivity contribution in [2.75, 3.05) is 26.3 Å². The molecule has 1 aliphatic heterocycles. The fraction of sp³-hybridized carbons (Fsp3) is 0.688. The average Bonchev–Trinajstić information content (AvgIpc) is 2.95. The van der Waals surface area contributed by atoms with Crippen LogP contribution in [-0.4, -0.2) is 61.0 Å². The summed E-state index contributed by atoms with van der Waals surface area (Å²) in [7, 11) is 0. The van der Waals surface area contributed by atoms with Crippen LogP contribution in [-0.2, 0) is 35.1 Å².